The molecule has 2 heterocycles. The average molecular weight is 292 g/mol. The lowest BCUT2D eigenvalue weighted by Crippen LogP contribution is -2.58. The van der Waals surface area contributed by atoms with Crippen molar-refractivity contribution in [2.45, 2.75) is 12.8 Å². The second-order valence-corrected chi connectivity index (χ2v) is 5.90. The molecule has 2 saturated heterocycles. The van der Waals surface area contributed by atoms with Crippen LogP contribution >= 0.6 is 0 Å². The molecule has 0 saturated carbocycles. The highest BCUT2D eigenvalue weighted by Crippen LogP contribution is 2.34. The molecule has 0 unspecified atom stereocenters. The molecule has 1 amide bonds. The van der Waals surface area contributed by atoms with E-state index in [0.29, 0.717) is 18.5 Å². The van der Waals surface area contributed by atoms with E-state index in [4.69, 9.17) is 0 Å². The number of nitrogens with one attached hydrogen (secondary N) is 1. The highest BCUT2D eigenvalue weighted by Gasteiger charge is 2.40. The van der Waals surface area contributed by atoms with Crippen LogP contribution in [0.1, 0.15) is 18.4 Å². The molecule has 0 aliphatic carbocycles. The minimum Gasteiger partial charge on any atom is -0.339 e. The molecule has 2 aliphatic heterocycles. The summed E-state index contributed by atoms with van der Waals surface area (Å²) in [5.74, 6) is -1.49. The molecule has 2 aliphatic rings. The van der Waals surface area contributed by atoms with Crippen LogP contribution in [0.4, 0.5) is 8.78 Å². The van der Waals surface area contributed by atoms with Crippen LogP contribution in [-0.4, -0.2) is 37.0 Å². The normalized spacial score (nSPS) is 20.8. The van der Waals surface area contributed by atoms with E-state index in [1.54, 1.807) is 4.90 Å². The van der Waals surface area contributed by atoms with Gasteiger partial charge in [0, 0.05) is 37.8 Å². The number of carbonyl (C=O) groups is 1. The Morgan fingerprint density at radius 3 is 2.33 bits per heavy atom. The first kappa shape index (κ1) is 14.2. The molecule has 1 aromatic carbocycles. The number of carbonyl (C=O) groups excluding carboxylic acids is 1. The van der Waals surface area contributed by atoms with E-state index < -0.39 is 11.6 Å². The van der Waals surface area contributed by atoms with Gasteiger partial charge in [-0.2, -0.15) is 0 Å². The molecule has 3 nitrogen and oxygen atoms in total. The molecular weight excluding hydrogens is 274 g/mol. The van der Waals surface area contributed by atoms with Crippen LogP contribution in [0.25, 0.3) is 6.08 Å². The number of likely N-dealkylation sites (tertiary alicyclic amines) is 1. The van der Waals surface area contributed by atoms with Crippen molar-refractivity contribution >= 4 is 12.0 Å². The number of benzene rings is 1. The summed E-state index contributed by atoms with van der Waals surface area (Å²) in [5.41, 5.74) is 0.209. The third-order valence-electron chi connectivity index (χ3n) is 4.53. The highest BCUT2D eigenvalue weighted by atomic mass is 19.1. The fourth-order valence-corrected chi connectivity index (χ4v) is 2.96. The Balaban J connectivity index is 1.63. The molecule has 1 spiro atoms. The Hall–Kier alpha value is -1.75. The van der Waals surface area contributed by atoms with Gasteiger partial charge in [-0.05, 0) is 36.5 Å². The largest absolute Gasteiger partial charge is 0.339 e. The Labute approximate surface area is 122 Å². The van der Waals surface area contributed by atoms with Crippen molar-refractivity contribution in [1.82, 2.24) is 10.2 Å². The van der Waals surface area contributed by atoms with E-state index in [9.17, 15) is 13.6 Å². The first-order chi connectivity index (χ1) is 10.1. The summed E-state index contributed by atoms with van der Waals surface area (Å²) in [6.45, 7) is 3.49. The molecule has 0 atom stereocenters. The average Bonchev–Trinajstić information content (AvgIpc) is 2.45. The van der Waals surface area contributed by atoms with Crippen LogP contribution in [0.5, 0.6) is 0 Å². The van der Waals surface area contributed by atoms with Crippen LogP contribution in [0.15, 0.2) is 24.3 Å². The van der Waals surface area contributed by atoms with Crippen molar-refractivity contribution < 1.29 is 13.6 Å². The van der Waals surface area contributed by atoms with Gasteiger partial charge in [-0.25, -0.2) is 8.78 Å². The third-order valence-corrected chi connectivity index (χ3v) is 4.53. The van der Waals surface area contributed by atoms with Gasteiger partial charge in [0.2, 0.25) is 5.91 Å². The van der Waals surface area contributed by atoms with Crippen LogP contribution < -0.4 is 5.32 Å². The van der Waals surface area contributed by atoms with E-state index in [-0.39, 0.29) is 11.5 Å². The van der Waals surface area contributed by atoms with Crippen molar-refractivity contribution in [3.8, 4) is 0 Å². The SMILES string of the molecule is O=C(/C=C/c1c(F)cccc1F)N1CCC2(CC1)CNC2. The maximum atomic E-state index is 13.5. The van der Waals surface area contributed by atoms with Crippen LogP contribution in [0, 0.1) is 17.0 Å². The van der Waals surface area contributed by atoms with Crippen molar-refractivity contribution in [1.29, 1.82) is 0 Å². The van der Waals surface area contributed by atoms with Gasteiger partial charge in [0.1, 0.15) is 11.6 Å². The van der Waals surface area contributed by atoms with Crippen molar-refractivity contribution in [3.05, 3.63) is 41.5 Å². The number of amides is 1. The monoisotopic (exact) mass is 292 g/mol. The number of hydrogen-bond donors (Lipinski definition) is 1. The molecule has 1 N–H and O–H groups in total. The molecule has 112 valence electrons. The molecule has 0 aromatic heterocycles. The van der Waals surface area contributed by atoms with Gasteiger partial charge >= 0.3 is 0 Å². The summed E-state index contributed by atoms with van der Waals surface area (Å²) in [5, 5.41) is 3.27. The molecule has 0 bridgehead atoms. The van der Waals surface area contributed by atoms with Crippen LogP contribution in [-0.2, 0) is 4.79 Å². The highest BCUT2D eigenvalue weighted by molar-refractivity contribution is 5.91. The van der Waals surface area contributed by atoms with Crippen LogP contribution in [0.2, 0.25) is 0 Å². The number of piperidine rings is 1. The zero-order chi connectivity index (χ0) is 14.9. The predicted octanol–water partition coefficient (Wildman–Crippen LogP) is 2.19. The lowest BCUT2D eigenvalue weighted by molar-refractivity contribution is -0.128. The van der Waals surface area contributed by atoms with Gasteiger partial charge in [-0.1, -0.05) is 6.07 Å². The van der Waals surface area contributed by atoms with Crippen molar-refractivity contribution in [3.63, 3.8) is 0 Å². The van der Waals surface area contributed by atoms with Gasteiger partial charge in [0.25, 0.3) is 0 Å². The van der Waals surface area contributed by atoms with Gasteiger partial charge in [0.05, 0.1) is 0 Å². The molecule has 21 heavy (non-hydrogen) atoms. The molecule has 0 radical (unpaired) electrons. The summed E-state index contributed by atoms with van der Waals surface area (Å²) in [7, 11) is 0. The maximum absolute atomic E-state index is 13.5. The van der Waals surface area contributed by atoms with E-state index in [1.807, 2.05) is 0 Å². The Morgan fingerprint density at radius 2 is 1.81 bits per heavy atom. The minimum absolute atomic E-state index is 0.164. The number of rotatable bonds is 2. The van der Waals surface area contributed by atoms with Crippen molar-refractivity contribution in [2.24, 2.45) is 5.41 Å². The van der Waals surface area contributed by atoms with E-state index >= 15 is 0 Å². The third kappa shape index (κ3) is 2.83. The topological polar surface area (TPSA) is 32.3 Å². The van der Waals surface area contributed by atoms with Gasteiger partial charge in [-0.3, -0.25) is 4.79 Å². The molecule has 2 fully saturated rings. The minimum atomic E-state index is -0.655. The van der Waals surface area contributed by atoms with Gasteiger partial charge in [-0.15, -0.1) is 0 Å². The Morgan fingerprint density at radius 1 is 1.19 bits per heavy atom. The molecule has 5 heteroatoms. The second kappa shape index (κ2) is 5.56. The van der Waals surface area contributed by atoms with Gasteiger partial charge < -0.3 is 10.2 Å². The van der Waals surface area contributed by atoms with E-state index in [1.165, 1.54) is 30.4 Å². The lowest BCUT2D eigenvalue weighted by atomic mass is 9.73. The van der Waals surface area contributed by atoms with E-state index in [2.05, 4.69) is 5.32 Å². The van der Waals surface area contributed by atoms with Crippen molar-refractivity contribution in [2.75, 3.05) is 26.2 Å². The Kier molecular flexibility index (Phi) is 3.76. The predicted molar refractivity (Wildman–Crippen MR) is 76.5 cm³/mol. The molecule has 1 aromatic rings. The molecule has 3 rings (SSSR count). The first-order valence-corrected chi connectivity index (χ1v) is 7.21. The lowest BCUT2D eigenvalue weighted by Gasteiger charge is -2.48. The van der Waals surface area contributed by atoms with Gasteiger partial charge in [0.15, 0.2) is 0 Å². The summed E-state index contributed by atoms with van der Waals surface area (Å²) in [6.07, 6.45) is 4.47. The summed E-state index contributed by atoms with van der Waals surface area (Å²) in [6, 6.07) is 3.67. The standard InChI is InChI=1S/C16H18F2N2O/c17-13-2-1-3-14(18)12(13)4-5-15(21)20-8-6-16(7-9-20)10-19-11-16/h1-5,19H,6-11H2/b5-4+. The quantitative estimate of drug-likeness (QED) is 0.848. The molecular formula is C16H18F2N2O. The van der Waals surface area contributed by atoms with E-state index in [0.717, 1.165) is 25.9 Å². The summed E-state index contributed by atoms with van der Waals surface area (Å²) in [4.78, 5) is 13.8. The number of halogens is 2. The summed E-state index contributed by atoms with van der Waals surface area (Å²) < 4.78 is 27.0. The second-order valence-electron chi connectivity index (χ2n) is 5.90. The number of nitrogens with zero attached hydrogens (tertiary/aromatic N) is 1. The zero-order valence-corrected chi connectivity index (χ0v) is 11.7. The first-order valence-electron chi connectivity index (χ1n) is 7.21. The zero-order valence-electron chi connectivity index (χ0n) is 11.7. The smallest absolute Gasteiger partial charge is 0.246 e. The van der Waals surface area contributed by atoms with Crippen LogP contribution in [0.3, 0.4) is 0 Å². The summed E-state index contributed by atoms with van der Waals surface area (Å²) >= 11 is 0. The fraction of sp³-hybridized carbons (Fsp3) is 0.438. The maximum Gasteiger partial charge on any atom is 0.246 e. The number of hydrogen-bond acceptors (Lipinski definition) is 2. The Bertz CT molecular complexity index is 551. The fourth-order valence-electron chi connectivity index (χ4n) is 2.96.